The quantitative estimate of drug-likeness (QED) is 0.391. The highest BCUT2D eigenvalue weighted by Gasteiger charge is 2.69. The Morgan fingerprint density at radius 1 is 1.19 bits per heavy atom. The molecule has 1 aliphatic carbocycles. The maximum atomic E-state index is 14.6. The molecule has 2 fully saturated rings. The van der Waals surface area contributed by atoms with Gasteiger partial charge in [-0.2, -0.15) is 13.2 Å². The summed E-state index contributed by atoms with van der Waals surface area (Å²) >= 11 is 0.945. The Kier molecular flexibility index (Phi) is 5.69. The third-order valence-corrected chi connectivity index (χ3v) is 7.42. The summed E-state index contributed by atoms with van der Waals surface area (Å²) < 4.78 is 57.3. The lowest BCUT2D eigenvalue weighted by molar-refractivity contribution is -0.229. The smallest absolute Gasteiger partial charge is 0.393 e. The molecule has 3 amide bonds. The number of benzene rings is 2. The van der Waals surface area contributed by atoms with Crippen LogP contribution in [-0.4, -0.2) is 58.3 Å². The molecule has 2 aliphatic rings. The number of aliphatic hydroxyl groups excluding tert-OH is 1. The van der Waals surface area contributed by atoms with Crippen LogP contribution in [0, 0.1) is 5.82 Å². The maximum absolute atomic E-state index is 14.6. The Bertz CT molecular complexity index is 1340. The number of amides is 3. The van der Waals surface area contributed by atoms with E-state index in [-0.39, 0.29) is 30.1 Å². The number of anilines is 2. The maximum Gasteiger partial charge on any atom is 0.419 e. The topological polar surface area (TPSA) is 107 Å². The van der Waals surface area contributed by atoms with Crippen LogP contribution in [-0.2, 0) is 10.3 Å². The standard InChI is InChI=1S/C23H21F4N5O3S/c1-32-11-21(9-15(33)10-21)31-22(18(32)34,23(25,26)27)12-2-7-16-17(8-12)36-20(29-16)30-19(35)28-14-5-3-13(24)4-6-14/h2-8,15,31,33H,9-11H2,1H3,(H2,28,29,30,35). The van der Waals surface area contributed by atoms with Gasteiger partial charge >= 0.3 is 12.2 Å². The van der Waals surface area contributed by atoms with Gasteiger partial charge in [0.25, 0.3) is 5.91 Å². The zero-order chi connectivity index (χ0) is 25.9. The van der Waals surface area contributed by atoms with Crippen molar-refractivity contribution in [1.29, 1.82) is 0 Å². The molecule has 1 aromatic heterocycles. The molecule has 8 nitrogen and oxygen atoms in total. The summed E-state index contributed by atoms with van der Waals surface area (Å²) in [7, 11) is 1.32. The number of piperazine rings is 1. The molecule has 5 rings (SSSR count). The molecule has 13 heteroatoms. The van der Waals surface area contributed by atoms with Crippen molar-refractivity contribution in [2.45, 2.75) is 36.2 Å². The first-order valence-electron chi connectivity index (χ1n) is 11.0. The number of alkyl halides is 3. The summed E-state index contributed by atoms with van der Waals surface area (Å²) in [6.07, 6.45) is -5.50. The van der Waals surface area contributed by atoms with Crippen LogP contribution < -0.4 is 16.0 Å². The van der Waals surface area contributed by atoms with Crippen molar-refractivity contribution in [2.24, 2.45) is 0 Å². The molecular weight excluding hydrogens is 502 g/mol. The van der Waals surface area contributed by atoms with Crippen molar-refractivity contribution >= 4 is 44.3 Å². The van der Waals surface area contributed by atoms with Gasteiger partial charge in [0.1, 0.15) is 5.82 Å². The molecule has 1 saturated carbocycles. The van der Waals surface area contributed by atoms with Crippen molar-refractivity contribution in [3.8, 4) is 0 Å². The fourth-order valence-electron chi connectivity index (χ4n) is 4.93. The summed E-state index contributed by atoms with van der Waals surface area (Å²) in [6, 6.07) is 8.24. The highest BCUT2D eigenvalue weighted by atomic mass is 32.1. The fourth-order valence-corrected chi connectivity index (χ4v) is 5.83. The third-order valence-electron chi connectivity index (χ3n) is 6.48. The second-order valence-corrected chi connectivity index (χ2v) is 10.2. The molecule has 1 saturated heterocycles. The number of aromatic nitrogens is 1. The van der Waals surface area contributed by atoms with Crippen LogP contribution in [0.15, 0.2) is 42.5 Å². The van der Waals surface area contributed by atoms with Gasteiger partial charge < -0.3 is 15.3 Å². The van der Waals surface area contributed by atoms with Crippen molar-refractivity contribution < 1.29 is 32.3 Å². The van der Waals surface area contributed by atoms with Gasteiger partial charge in [-0.05, 0) is 54.8 Å². The van der Waals surface area contributed by atoms with E-state index in [4.69, 9.17) is 0 Å². The molecule has 1 spiro atoms. The van der Waals surface area contributed by atoms with Crippen LogP contribution in [0.2, 0.25) is 0 Å². The van der Waals surface area contributed by atoms with Crippen LogP contribution in [0.25, 0.3) is 10.2 Å². The van der Waals surface area contributed by atoms with Crippen LogP contribution >= 0.6 is 11.3 Å². The molecular formula is C23H21F4N5O3S. The normalized spacial score (nSPS) is 26.2. The molecule has 0 radical (unpaired) electrons. The van der Waals surface area contributed by atoms with Crippen molar-refractivity contribution in [1.82, 2.24) is 15.2 Å². The molecule has 4 N–H and O–H groups in total. The van der Waals surface area contributed by atoms with E-state index in [2.05, 4.69) is 20.9 Å². The number of nitrogens with zero attached hydrogens (tertiary/aromatic N) is 2. The molecule has 2 heterocycles. The zero-order valence-corrected chi connectivity index (χ0v) is 19.6. The Balaban J connectivity index is 1.45. The monoisotopic (exact) mass is 523 g/mol. The molecule has 190 valence electrons. The van der Waals surface area contributed by atoms with Gasteiger partial charge in [0.05, 0.1) is 16.3 Å². The van der Waals surface area contributed by atoms with E-state index in [1.54, 1.807) is 0 Å². The van der Waals surface area contributed by atoms with Gasteiger partial charge in [0.15, 0.2) is 5.13 Å². The number of halogens is 4. The van der Waals surface area contributed by atoms with Crippen molar-refractivity contribution in [2.75, 3.05) is 24.2 Å². The Morgan fingerprint density at radius 3 is 2.53 bits per heavy atom. The SMILES string of the molecule is CN1CC2(CC(O)C2)NC(c2ccc3nc(NC(=O)Nc4ccc(F)cc4)sc3c2)(C(F)(F)F)C1=O. The highest BCUT2D eigenvalue weighted by Crippen LogP contribution is 2.49. The van der Waals surface area contributed by atoms with E-state index in [0.717, 1.165) is 16.2 Å². The minimum absolute atomic E-state index is 0.0563. The summed E-state index contributed by atoms with van der Waals surface area (Å²) in [6.45, 7) is 0.0563. The van der Waals surface area contributed by atoms with E-state index in [1.807, 2.05) is 0 Å². The Morgan fingerprint density at radius 2 is 1.89 bits per heavy atom. The molecule has 1 unspecified atom stereocenters. The number of hydrogen-bond acceptors (Lipinski definition) is 6. The number of aliphatic hydroxyl groups is 1. The minimum atomic E-state index is -4.97. The van der Waals surface area contributed by atoms with Crippen molar-refractivity contribution in [3.05, 3.63) is 53.8 Å². The number of thiazole rings is 1. The van der Waals surface area contributed by atoms with Gasteiger partial charge in [-0.25, -0.2) is 14.2 Å². The predicted molar refractivity (Wildman–Crippen MR) is 125 cm³/mol. The molecule has 2 aromatic carbocycles. The number of fused-ring (bicyclic) bond motifs is 1. The number of carbonyl (C=O) groups excluding carboxylic acids is 2. The van der Waals surface area contributed by atoms with Gasteiger partial charge in [0, 0.05) is 24.8 Å². The van der Waals surface area contributed by atoms with Gasteiger partial charge in [-0.15, -0.1) is 0 Å². The fraction of sp³-hybridized carbons (Fsp3) is 0.348. The van der Waals surface area contributed by atoms with E-state index >= 15 is 0 Å². The summed E-state index contributed by atoms with van der Waals surface area (Å²) in [5.41, 5.74) is -3.67. The van der Waals surface area contributed by atoms with Gasteiger partial charge in [0.2, 0.25) is 5.54 Å². The van der Waals surface area contributed by atoms with Crippen LogP contribution in [0.3, 0.4) is 0 Å². The number of nitrogens with one attached hydrogen (secondary N) is 3. The van der Waals surface area contributed by atoms with Gasteiger partial charge in [-0.3, -0.25) is 15.4 Å². The number of urea groups is 1. The molecule has 0 bridgehead atoms. The second-order valence-electron chi connectivity index (χ2n) is 9.16. The average Bonchev–Trinajstić information content (AvgIpc) is 3.17. The predicted octanol–water partition coefficient (Wildman–Crippen LogP) is 3.79. The Hall–Kier alpha value is -3.29. The lowest BCUT2D eigenvalue weighted by Gasteiger charge is -2.57. The number of likely N-dealkylation sites (N-methyl/N-ethyl adjacent to an activating group) is 1. The molecule has 1 aliphatic heterocycles. The van der Waals surface area contributed by atoms with Crippen LogP contribution in [0.5, 0.6) is 0 Å². The second kappa shape index (κ2) is 8.39. The lowest BCUT2D eigenvalue weighted by atomic mass is 9.69. The highest BCUT2D eigenvalue weighted by molar-refractivity contribution is 7.22. The number of hydrogen-bond donors (Lipinski definition) is 4. The van der Waals surface area contributed by atoms with Crippen LogP contribution in [0.1, 0.15) is 18.4 Å². The average molecular weight is 524 g/mol. The first kappa shape index (κ1) is 24.4. The first-order chi connectivity index (χ1) is 16.9. The van der Waals surface area contributed by atoms with Crippen molar-refractivity contribution in [3.63, 3.8) is 0 Å². The minimum Gasteiger partial charge on any atom is -0.393 e. The summed E-state index contributed by atoms with van der Waals surface area (Å²) in [4.78, 5) is 30.6. The largest absolute Gasteiger partial charge is 0.419 e. The molecule has 1 atom stereocenters. The number of carbonyl (C=O) groups is 2. The van der Waals surface area contributed by atoms with E-state index in [1.165, 1.54) is 49.5 Å². The summed E-state index contributed by atoms with van der Waals surface area (Å²) in [5, 5.41) is 17.5. The lowest BCUT2D eigenvalue weighted by Crippen LogP contribution is -2.79. The van der Waals surface area contributed by atoms with Gasteiger partial charge in [-0.1, -0.05) is 17.4 Å². The van der Waals surface area contributed by atoms with Crippen LogP contribution in [0.4, 0.5) is 33.2 Å². The molecule has 3 aromatic rings. The summed E-state index contributed by atoms with van der Waals surface area (Å²) in [5.74, 6) is -1.60. The number of rotatable bonds is 3. The molecule has 36 heavy (non-hydrogen) atoms. The Labute approximate surface area is 206 Å². The third kappa shape index (κ3) is 4.06. The van der Waals surface area contributed by atoms with E-state index in [0.29, 0.717) is 15.9 Å². The first-order valence-corrected chi connectivity index (χ1v) is 11.8. The zero-order valence-electron chi connectivity index (χ0n) is 18.8. The van der Waals surface area contributed by atoms with E-state index < -0.39 is 41.1 Å². The van der Waals surface area contributed by atoms with E-state index in [9.17, 15) is 32.3 Å².